The smallest absolute Gasteiger partial charge is 0.264 e. The summed E-state index contributed by atoms with van der Waals surface area (Å²) >= 11 is 0. The van der Waals surface area contributed by atoms with Crippen LogP contribution >= 0.6 is 0 Å². The number of nitrogens with one attached hydrogen (secondary N) is 1. The van der Waals surface area contributed by atoms with E-state index in [2.05, 4.69) is 31.8 Å². The van der Waals surface area contributed by atoms with E-state index < -0.39 is 5.82 Å². The lowest BCUT2D eigenvalue weighted by Gasteiger charge is -2.27. The van der Waals surface area contributed by atoms with Gasteiger partial charge in [0.25, 0.3) is 5.56 Å². The third kappa shape index (κ3) is 2.92. The fourth-order valence-electron chi connectivity index (χ4n) is 4.29. The first-order valence-corrected chi connectivity index (χ1v) is 10.3. The Labute approximate surface area is 171 Å². The highest BCUT2D eigenvalue weighted by atomic mass is 19.1. The van der Waals surface area contributed by atoms with Crippen LogP contribution in [0, 0.1) is 5.82 Å². The molecule has 4 heterocycles. The Balaban J connectivity index is 1.69. The van der Waals surface area contributed by atoms with Crippen molar-refractivity contribution in [2.24, 2.45) is 0 Å². The maximum absolute atomic E-state index is 14.4. The molecule has 9 heteroatoms. The van der Waals surface area contributed by atoms with Crippen LogP contribution < -0.4 is 10.5 Å². The zero-order valence-electron chi connectivity index (χ0n) is 16.7. The molecule has 1 atom stereocenters. The van der Waals surface area contributed by atoms with Gasteiger partial charge in [0.05, 0.1) is 17.9 Å². The number of aromatic amines is 1. The molecule has 1 saturated heterocycles. The Morgan fingerprint density at radius 3 is 3.03 bits per heavy atom. The standard InChI is InChI=1S/C21H22FN7O/c1-2-3-9-29-19(27-14-7-4-6-13(22)16(14)21(29)30)15-8-5-10-28(15)20-17-18(24-11-23-17)25-12-26-20/h4,6-7,11-12,15H,2-3,5,8-10H2,1H3,(H,23,24,25,26)/t15-/m0/s1. The molecular formula is C21H22FN7O. The van der Waals surface area contributed by atoms with Gasteiger partial charge in [-0.05, 0) is 31.4 Å². The average molecular weight is 407 g/mol. The molecule has 1 aromatic carbocycles. The van der Waals surface area contributed by atoms with E-state index in [0.717, 1.165) is 43.6 Å². The zero-order chi connectivity index (χ0) is 20.7. The van der Waals surface area contributed by atoms with Gasteiger partial charge in [0, 0.05) is 13.1 Å². The molecule has 1 aliphatic rings. The number of anilines is 1. The van der Waals surface area contributed by atoms with Gasteiger partial charge in [-0.25, -0.2) is 24.3 Å². The number of unbranched alkanes of at least 4 members (excludes halogenated alkanes) is 1. The van der Waals surface area contributed by atoms with E-state index in [9.17, 15) is 9.18 Å². The molecule has 1 N–H and O–H groups in total. The van der Waals surface area contributed by atoms with Crippen molar-refractivity contribution in [1.82, 2.24) is 29.5 Å². The van der Waals surface area contributed by atoms with E-state index in [1.807, 2.05) is 0 Å². The normalized spacial score (nSPS) is 16.7. The Hall–Kier alpha value is -3.36. The minimum atomic E-state index is -0.528. The van der Waals surface area contributed by atoms with Crippen LogP contribution in [0.5, 0.6) is 0 Å². The van der Waals surface area contributed by atoms with Crippen LogP contribution in [0.4, 0.5) is 10.2 Å². The van der Waals surface area contributed by atoms with Crippen LogP contribution in [0.2, 0.25) is 0 Å². The molecule has 154 valence electrons. The highest BCUT2D eigenvalue weighted by molar-refractivity contribution is 5.83. The molecular weight excluding hydrogens is 385 g/mol. The molecule has 0 amide bonds. The Bertz CT molecular complexity index is 1280. The number of imidazole rings is 1. The second-order valence-electron chi connectivity index (χ2n) is 7.56. The van der Waals surface area contributed by atoms with Gasteiger partial charge in [0.15, 0.2) is 11.5 Å². The summed E-state index contributed by atoms with van der Waals surface area (Å²) in [6, 6.07) is 4.47. The van der Waals surface area contributed by atoms with E-state index in [1.165, 1.54) is 12.4 Å². The van der Waals surface area contributed by atoms with Crippen molar-refractivity contribution in [3.05, 3.63) is 52.8 Å². The van der Waals surface area contributed by atoms with E-state index >= 15 is 0 Å². The van der Waals surface area contributed by atoms with Gasteiger partial charge in [-0.3, -0.25) is 9.36 Å². The number of H-pyrrole nitrogens is 1. The number of benzene rings is 1. The summed E-state index contributed by atoms with van der Waals surface area (Å²) in [5.41, 5.74) is 1.44. The number of hydrogen-bond donors (Lipinski definition) is 1. The Kier molecular flexibility index (Phi) is 4.65. The van der Waals surface area contributed by atoms with Crippen LogP contribution in [0.3, 0.4) is 0 Å². The van der Waals surface area contributed by atoms with Crippen molar-refractivity contribution < 1.29 is 4.39 Å². The van der Waals surface area contributed by atoms with Crippen LogP contribution in [0.25, 0.3) is 22.1 Å². The summed E-state index contributed by atoms with van der Waals surface area (Å²) in [6.07, 6.45) is 6.62. The summed E-state index contributed by atoms with van der Waals surface area (Å²) in [5, 5.41) is 0.0555. The van der Waals surface area contributed by atoms with Gasteiger partial charge in [-0.2, -0.15) is 0 Å². The van der Waals surface area contributed by atoms with Crippen molar-refractivity contribution in [3.63, 3.8) is 0 Å². The van der Waals surface area contributed by atoms with Crippen molar-refractivity contribution >= 4 is 27.9 Å². The van der Waals surface area contributed by atoms with Crippen LogP contribution in [0.15, 0.2) is 35.6 Å². The summed E-state index contributed by atoms with van der Waals surface area (Å²) in [5.74, 6) is 0.881. The highest BCUT2D eigenvalue weighted by Gasteiger charge is 2.33. The lowest BCUT2D eigenvalue weighted by atomic mass is 10.1. The maximum Gasteiger partial charge on any atom is 0.264 e. The van der Waals surface area contributed by atoms with E-state index in [1.54, 1.807) is 23.0 Å². The number of hydrogen-bond acceptors (Lipinski definition) is 6. The van der Waals surface area contributed by atoms with E-state index in [4.69, 9.17) is 4.98 Å². The van der Waals surface area contributed by atoms with Crippen LogP contribution in [-0.4, -0.2) is 36.0 Å². The molecule has 30 heavy (non-hydrogen) atoms. The molecule has 8 nitrogen and oxygen atoms in total. The van der Waals surface area contributed by atoms with Crippen molar-refractivity contribution in [1.29, 1.82) is 0 Å². The van der Waals surface area contributed by atoms with Crippen LogP contribution in [-0.2, 0) is 6.54 Å². The number of nitrogens with zero attached hydrogens (tertiary/aromatic N) is 6. The summed E-state index contributed by atoms with van der Waals surface area (Å²) in [4.78, 5) is 36.2. The predicted molar refractivity (Wildman–Crippen MR) is 112 cm³/mol. The molecule has 0 bridgehead atoms. The van der Waals surface area contributed by atoms with Gasteiger partial charge < -0.3 is 9.88 Å². The Morgan fingerprint density at radius 2 is 2.17 bits per heavy atom. The summed E-state index contributed by atoms with van der Waals surface area (Å²) in [6.45, 7) is 3.35. The maximum atomic E-state index is 14.4. The molecule has 1 fully saturated rings. The largest absolute Gasteiger partial charge is 0.345 e. The zero-order valence-corrected chi connectivity index (χ0v) is 16.7. The lowest BCUT2D eigenvalue weighted by molar-refractivity contribution is 0.530. The quantitative estimate of drug-likeness (QED) is 0.545. The second kappa shape index (κ2) is 7.47. The molecule has 5 rings (SSSR count). The van der Waals surface area contributed by atoms with Gasteiger partial charge in [-0.15, -0.1) is 0 Å². The first-order valence-electron chi connectivity index (χ1n) is 10.3. The van der Waals surface area contributed by atoms with E-state index in [-0.39, 0.29) is 17.0 Å². The third-order valence-corrected chi connectivity index (χ3v) is 5.72. The molecule has 3 aromatic heterocycles. The second-order valence-corrected chi connectivity index (χ2v) is 7.56. The van der Waals surface area contributed by atoms with E-state index in [0.29, 0.717) is 23.5 Å². The summed E-state index contributed by atoms with van der Waals surface area (Å²) < 4.78 is 16.1. The molecule has 0 saturated carbocycles. The molecule has 1 aliphatic heterocycles. The number of fused-ring (bicyclic) bond motifs is 2. The number of halogens is 1. The first kappa shape index (κ1) is 18.7. The van der Waals surface area contributed by atoms with Gasteiger partial charge >= 0.3 is 0 Å². The molecule has 0 radical (unpaired) electrons. The minimum absolute atomic E-state index is 0.0555. The third-order valence-electron chi connectivity index (χ3n) is 5.72. The topological polar surface area (TPSA) is 92.6 Å². The Morgan fingerprint density at radius 1 is 1.27 bits per heavy atom. The summed E-state index contributed by atoms with van der Waals surface area (Å²) in [7, 11) is 0. The molecule has 0 aliphatic carbocycles. The first-order chi connectivity index (χ1) is 14.7. The van der Waals surface area contributed by atoms with Gasteiger partial charge in [0.2, 0.25) is 0 Å². The average Bonchev–Trinajstić information content (AvgIpc) is 3.42. The fourth-order valence-corrected chi connectivity index (χ4v) is 4.29. The predicted octanol–water partition coefficient (Wildman–Crippen LogP) is 3.34. The number of aromatic nitrogens is 6. The van der Waals surface area contributed by atoms with Crippen molar-refractivity contribution in [3.8, 4) is 0 Å². The van der Waals surface area contributed by atoms with Crippen molar-refractivity contribution in [2.45, 2.75) is 45.2 Å². The SMILES string of the molecule is CCCCn1c([C@@H]2CCCN2c2ncnc3nc[nH]c23)nc2cccc(F)c2c1=O. The highest BCUT2D eigenvalue weighted by Crippen LogP contribution is 2.36. The molecule has 4 aromatic rings. The van der Waals surface area contributed by atoms with Gasteiger partial charge in [-0.1, -0.05) is 19.4 Å². The lowest BCUT2D eigenvalue weighted by Crippen LogP contribution is -2.33. The molecule has 0 unspecified atom stereocenters. The monoisotopic (exact) mass is 407 g/mol. The van der Waals surface area contributed by atoms with Crippen molar-refractivity contribution in [2.75, 3.05) is 11.4 Å². The minimum Gasteiger partial charge on any atom is -0.345 e. The fraction of sp³-hybridized carbons (Fsp3) is 0.381. The van der Waals surface area contributed by atoms with Gasteiger partial charge in [0.1, 0.15) is 28.9 Å². The number of rotatable bonds is 5. The van der Waals surface area contributed by atoms with Crippen LogP contribution in [0.1, 0.15) is 44.5 Å². The molecule has 0 spiro atoms.